The number of rotatable bonds is 6. The van der Waals surface area contributed by atoms with Crippen molar-refractivity contribution in [2.75, 3.05) is 13.7 Å². The van der Waals surface area contributed by atoms with E-state index in [9.17, 15) is 0 Å². The van der Waals surface area contributed by atoms with Gasteiger partial charge in [0.1, 0.15) is 17.4 Å². The van der Waals surface area contributed by atoms with Gasteiger partial charge in [0.2, 0.25) is 0 Å². The molecule has 0 radical (unpaired) electrons. The van der Waals surface area contributed by atoms with Crippen LogP contribution < -0.4 is 21.1 Å². The van der Waals surface area contributed by atoms with E-state index in [-0.39, 0.29) is 0 Å². The first-order chi connectivity index (χ1) is 14.0. The van der Waals surface area contributed by atoms with Gasteiger partial charge >= 0.3 is 0 Å². The molecule has 1 unspecified atom stereocenters. The number of benzene rings is 2. The number of ether oxygens (including phenoxy) is 1. The highest BCUT2D eigenvalue weighted by Crippen LogP contribution is 2.19. The number of aromatic nitrogens is 2. The first-order valence-electron chi connectivity index (χ1n) is 9.68. The Hall–Kier alpha value is -3.32. The van der Waals surface area contributed by atoms with Gasteiger partial charge in [-0.3, -0.25) is 5.73 Å². The van der Waals surface area contributed by atoms with Crippen LogP contribution in [0.15, 0.2) is 53.3 Å². The molecule has 0 aliphatic carbocycles. The molecule has 0 fully saturated rings. The number of imidazole rings is 1. The van der Waals surface area contributed by atoms with Crippen LogP contribution in [-0.4, -0.2) is 35.6 Å². The number of aliphatic imine (C=N–C) groups is 1. The highest BCUT2D eigenvalue weighted by atomic mass is 16.5. The largest absolute Gasteiger partial charge is 0.497 e. The van der Waals surface area contributed by atoms with Crippen LogP contribution in [0.1, 0.15) is 22.5 Å². The van der Waals surface area contributed by atoms with Gasteiger partial charge in [-0.05, 0) is 37.1 Å². The van der Waals surface area contributed by atoms with E-state index in [2.05, 4.69) is 51.6 Å². The molecular formula is C22H26N6O. The Balaban J connectivity index is 1.44. The number of nitrogens with one attached hydrogen (secondary N) is 3. The minimum Gasteiger partial charge on any atom is -0.497 e. The van der Waals surface area contributed by atoms with Gasteiger partial charge in [-0.1, -0.05) is 18.2 Å². The summed E-state index contributed by atoms with van der Waals surface area (Å²) in [5, 5.41) is 6.58. The van der Waals surface area contributed by atoms with Crippen LogP contribution in [0.4, 0.5) is 0 Å². The standard InChI is InChI=1S/C22H26N6O/c1-13-5-4-6-16(14(13)2)18-12-21(28-22(23)27-18)24-10-9-20-25-17-8-7-15(29-3)11-19(17)26-20/h4-8,11-12,22,24,28H,9-10,23H2,1-3H3,(H,25,26). The maximum atomic E-state index is 6.09. The molecule has 7 nitrogen and oxygen atoms in total. The van der Waals surface area contributed by atoms with Gasteiger partial charge < -0.3 is 20.4 Å². The Morgan fingerprint density at radius 1 is 1.21 bits per heavy atom. The number of nitrogens with zero attached hydrogens (tertiary/aromatic N) is 2. The summed E-state index contributed by atoms with van der Waals surface area (Å²) >= 11 is 0. The molecule has 150 valence electrons. The van der Waals surface area contributed by atoms with Crippen molar-refractivity contribution in [1.82, 2.24) is 20.6 Å². The van der Waals surface area contributed by atoms with Gasteiger partial charge in [0, 0.05) is 30.7 Å². The van der Waals surface area contributed by atoms with E-state index in [4.69, 9.17) is 10.5 Å². The van der Waals surface area contributed by atoms with E-state index >= 15 is 0 Å². The molecule has 1 aliphatic heterocycles. The third-order valence-corrected chi connectivity index (χ3v) is 5.16. The van der Waals surface area contributed by atoms with Crippen LogP contribution in [0.3, 0.4) is 0 Å². The SMILES string of the molecule is COc1ccc2nc(CCNC3=CC(c4cccc(C)c4C)=NC(N)N3)[nH]c2c1. The topological polar surface area (TPSA) is 100 Å². The fraction of sp³-hybridized carbons (Fsp3) is 0.273. The molecule has 29 heavy (non-hydrogen) atoms. The lowest BCUT2D eigenvalue weighted by Crippen LogP contribution is -2.43. The lowest BCUT2D eigenvalue weighted by Gasteiger charge is -2.23. The van der Waals surface area contributed by atoms with Crippen molar-refractivity contribution in [3.05, 3.63) is 70.8 Å². The van der Waals surface area contributed by atoms with Crippen molar-refractivity contribution >= 4 is 16.7 Å². The first kappa shape index (κ1) is 19.0. The zero-order chi connectivity index (χ0) is 20.4. The van der Waals surface area contributed by atoms with E-state index in [1.54, 1.807) is 7.11 Å². The highest BCUT2D eigenvalue weighted by molar-refractivity contribution is 6.10. The molecule has 0 saturated heterocycles. The molecule has 0 amide bonds. The number of aryl methyl sites for hydroxylation is 1. The Morgan fingerprint density at radius 2 is 2.07 bits per heavy atom. The summed E-state index contributed by atoms with van der Waals surface area (Å²) < 4.78 is 5.27. The van der Waals surface area contributed by atoms with E-state index in [0.29, 0.717) is 6.54 Å². The van der Waals surface area contributed by atoms with Crippen LogP contribution in [0.25, 0.3) is 11.0 Å². The summed E-state index contributed by atoms with van der Waals surface area (Å²) in [6.07, 6.45) is 2.28. The Bertz CT molecular complexity index is 1100. The monoisotopic (exact) mass is 390 g/mol. The summed E-state index contributed by atoms with van der Waals surface area (Å²) in [4.78, 5) is 12.5. The molecule has 1 aliphatic rings. The smallest absolute Gasteiger partial charge is 0.173 e. The van der Waals surface area contributed by atoms with Gasteiger partial charge in [-0.2, -0.15) is 0 Å². The predicted molar refractivity (Wildman–Crippen MR) is 116 cm³/mol. The van der Waals surface area contributed by atoms with Crippen LogP contribution in [0.2, 0.25) is 0 Å². The number of nitrogens with two attached hydrogens (primary N) is 1. The van der Waals surface area contributed by atoms with E-state index in [1.165, 1.54) is 11.1 Å². The lowest BCUT2D eigenvalue weighted by molar-refractivity contribution is 0.415. The molecule has 1 aromatic heterocycles. The molecule has 2 aromatic carbocycles. The average molecular weight is 390 g/mol. The molecule has 1 atom stereocenters. The fourth-order valence-corrected chi connectivity index (χ4v) is 3.44. The predicted octanol–water partition coefficient (Wildman–Crippen LogP) is 2.50. The average Bonchev–Trinajstić information content (AvgIpc) is 3.11. The van der Waals surface area contributed by atoms with E-state index in [0.717, 1.165) is 46.1 Å². The number of methoxy groups -OCH3 is 1. The number of allylic oxidation sites excluding steroid dienone is 1. The van der Waals surface area contributed by atoms with Gasteiger partial charge in [-0.25, -0.2) is 9.98 Å². The van der Waals surface area contributed by atoms with Gasteiger partial charge in [-0.15, -0.1) is 0 Å². The molecule has 7 heteroatoms. The Kier molecular flexibility index (Phi) is 5.22. The zero-order valence-corrected chi connectivity index (χ0v) is 16.9. The molecule has 0 spiro atoms. The number of H-pyrrole nitrogens is 1. The number of aromatic amines is 1. The minimum atomic E-state index is -0.476. The number of hydrogen-bond acceptors (Lipinski definition) is 6. The minimum absolute atomic E-state index is 0.476. The van der Waals surface area contributed by atoms with Crippen LogP contribution >= 0.6 is 0 Å². The van der Waals surface area contributed by atoms with Gasteiger partial charge in [0.25, 0.3) is 0 Å². The Labute approximate surface area is 170 Å². The maximum Gasteiger partial charge on any atom is 0.173 e. The molecule has 4 rings (SSSR count). The quantitative estimate of drug-likeness (QED) is 0.518. The van der Waals surface area contributed by atoms with Crippen LogP contribution in [0.5, 0.6) is 5.75 Å². The third-order valence-electron chi connectivity index (χ3n) is 5.16. The van der Waals surface area contributed by atoms with Crippen molar-refractivity contribution in [2.45, 2.75) is 26.6 Å². The van der Waals surface area contributed by atoms with Crippen molar-refractivity contribution in [2.24, 2.45) is 10.7 Å². The van der Waals surface area contributed by atoms with Crippen molar-refractivity contribution in [3.63, 3.8) is 0 Å². The summed E-state index contributed by atoms with van der Waals surface area (Å²) in [5.41, 5.74) is 12.4. The summed E-state index contributed by atoms with van der Waals surface area (Å²) in [6.45, 7) is 4.92. The summed E-state index contributed by atoms with van der Waals surface area (Å²) in [5.74, 6) is 2.60. The van der Waals surface area contributed by atoms with Gasteiger partial charge in [0.15, 0.2) is 6.29 Å². The number of fused-ring (bicyclic) bond motifs is 1. The third kappa shape index (κ3) is 4.09. The second-order valence-electron chi connectivity index (χ2n) is 7.15. The summed E-state index contributed by atoms with van der Waals surface area (Å²) in [7, 11) is 1.66. The Morgan fingerprint density at radius 3 is 2.90 bits per heavy atom. The second-order valence-corrected chi connectivity index (χ2v) is 7.15. The van der Waals surface area contributed by atoms with Crippen molar-refractivity contribution in [3.8, 4) is 5.75 Å². The van der Waals surface area contributed by atoms with E-state index < -0.39 is 6.29 Å². The van der Waals surface area contributed by atoms with Crippen molar-refractivity contribution < 1.29 is 4.74 Å². The molecule has 3 aromatic rings. The number of hydrogen-bond donors (Lipinski definition) is 4. The van der Waals surface area contributed by atoms with Crippen LogP contribution in [-0.2, 0) is 6.42 Å². The lowest BCUT2D eigenvalue weighted by atomic mass is 9.99. The molecular weight excluding hydrogens is 364 g/mol. The maximum absolute atomic E-state index is 6.09. The highest BCUT2D eigenvalue weighted by Gasteiger charge is 2.15. The normalized spacial score (nSPS) is 16.2. The molecule has 0 bridgehead atoms. The molecule has 2 heterocycles. The van der Waals surface area contributed by atoms with E-state index in [1.807, 2.05) is 30.3 Å². The van der Waals surface area contributed by atoms with Crippen LogP contribution in [0, 0.1) is 13.8 Å². The fourth-order valence-electron chi connectivity index (χ4n) is 3.44. The second kappa shape index (κ2) is 7.97. The molecule has 0 saturated carbocycles. The summed E-state index contributed by atoms with van der Waals surface area (Å²) in [6, 6.07) is 12.1. The first-order valence-corrected chi connectivity index (χ1v) is 9.68. The van der Waals surface area contributed by atoms with Gasteiger partial charge in [0.05, 0.1) is 23.9 Å². The molecule has 5 N–H and O–H groups in total. The zero-order valence-electron chi connectivity index (χ0n) is 16.9. The van der Waals surface area contributed by atoms with Crippen molar-refractivity contribution in [1.29, 1.82) is 0 Å².